The number of amides is 1. The van der Waals surface area contributed by atoms with E-state index < -0.39 is 21.9 Å². The lowest BCUT2D eigenvalue weighted by atomic mass is 10.1. The fraction of sp³-hybridized carbons (Fsp3) is 0. The Labute approximate surface area is 175 Å². The third-order valence-electron chi connectivity index (χ3n) is 3.91. The first-order valence-electron chi connectivity index (χ1n) is 8.29. The number of carbonyl (C=O) groups excluding carboxylic acids is 1. The first-order valence-corrected chi connectivity index (χ1v) is 10.6. The number of sulfonamides is 1. The maximum atomic E-state index is 12.7. The summed E-state index contributed by atoms with van der Waals surface area (Å²) >= 11 is 3.20. The lowest BCUT2D eigenvalue weighted by Crippen LogP contribution is -2.17. The van der Waals surface area contributed by atoms with Gasteiger partial charge >= 0.3 is 5.97 Å². The third kappa shape index (κ3) is 4.82. The van der Waals surface area contributed by atoms with Crippen LogP contribution in [0.15, 0.2) is 82.2 Å². The number of carbonyl (C=O) groups is 2. The number of aromatic carboxylic acids is 1. The Hall–Kier alpha value is -3.17. The zero-order valence-corrected chi connectivity index (χ0v) is 17.2. The second-order valence-corrected chi connectivity index (χ2v) is 8.43. The normalized spacial score (nSPS) is 10.9. The van der Waals surface area contributed by atoms with Crippen molar-refractivity contribution in [2.45, 2.75) is 4.90 Å². The molecule has 0 bridgehead atoms. The van der Waals surface area contributed by atoms with E-state index in [-0.39, 0.29) is 26.2 Å². The molecule has 3 rings (SSSR count). The monoisotopic (exact) mass is 474 g/mol. The quantitative estimate of drug-likeness (QED) is 0.495. The second-order valence-electron chi connectivity index (χ2n) is 5.92. The average molecular weight is 475 g/mol. The van der Waals surface area contributed by atoms with Gasteiger partial charge in [0.2, 0.25) is 0 Å². The molecule has 0 aromatic heterocycles. The van der Waals surface area contributed by atoms with Crippen LogP contribution in [0.1, 0.15) is 20.7 Å². The lowest BCUT2D eigenvalue weighted by molar-refractivity contribution is 0.0698. The van der Waals surface area contributed by atoms with Crippen LogP contribution in [0.25, 0.3) is 0 Å². The van der Waals surface area contributed by atoms with E-state index in [1.165, 1.54) is 30.3 Å². The fourth-order valence-electron chi connectivity index (χ4n) is 2.54. The van der Waals surface area contributed by atoms with Crippen molar-refractivity contribution in [2.75, 3.05) is 10.0 Å². The van der Waals surface area contributed by atoms with Gasteiger partial charge in [-0.05, 0) is 58.4 Å². The molecule has 3 aromatic rings. The van der Waals surface area contributed by atoms with E-state index >= 15 is 0 Å². The zero-order chi connectivity index (χ0) is 21.0. The SMILES string of the molecule is O=C(Nc1ccccc1C(=O)O)c1ccc(Br)c(S(=O)(=O)Nc2ccccc2)c1. The minimum atomic E-state index is -3.97. The molecule has 0 saturated heterocycles. The van der Waals surface area contributed by atoms with Crippen LogP contribution in [0.5, 0.6) is 0 Å². The molecule has 0 spiro atoms. The molecule has 0 heterocycles. The molecule has 0 aliphatic carbocycles. The van der Waals surface area contributed by atoms with Crippen LogP contribution in [0.3, 0.4) is 0 Å². The number of benzene rings is 3. The molecule has 0 saturated carbocycles. The number of para-hydroxylation sites is 2. The van der Waals surface area contributed by atoms with Crippen LogP contribution in [-0.4, -0.2) is 25.4 Å². The standard InChI is InChI=1S/C20H15BrN2O5S/c21-16-11-10-13(19(24)22-17-9-5-4-8-15(17)20(25)26)12-18(16)29(27,28)23-14-6-2-1-3-7-14/h1-12,23H,(H,22,24)(H,25,26). The second kappa shape index (κ2) is 8.46. The average Bonchev–Trinajstić information content (AvgIpc) is 2.68. The molecular formula is C20H15BrN2O5S. The summed E-state index contributed by atoms with van der Waals surface area (Å²) in [7, 11) is -3.97. The zero-order valence-electron chi connectivity index (χ0n) is 14.8. The van der Waals surface area contributed by atoms with Crippen molar-refractivity contribution in [1.29, 1.82) is 0 Å². The van der Waals surface area contributed by atoms with Gasteiger partial charge in [-0.2, -0.15) is 0 Å². The fourth-order valence-corrected chi connectivity index (χ4v) is 4.59. The Balaban J connectivity index is 1.91. The van der Waals surface area contributed by atoms with Gasteiger partial charge in [0, 0.05) is 15.7 Å². The van der Waals surface area contributed by atoms with E-state index in [0.717, 1.165) is 0 Å². The minimum absolute atomic E-state index is 0.0572. The van der Waals surface area contributed by atoms with Crippen LogP contribution >= 0.6 is 15.9 Å². The number of hydrogen-bond acceptors (Lipinski definition) is 4. The summed E-state index contributed by atoms with van der Waals surface area (Å²) in [5, 5.41) is 11.7. The Kier molecular flexibility index (Phi) is 6.00. The highest BCUT2D eigenvalue weighted by Crippen LogP contribution is 2.26. The van der Waals surface area contributed by atoms with Gasteiger partial charge in [-0.15, -0.1) is 0 Å². The number of carboxylic acids is 1. The van der Waals surface area contributed by atoms with E-state index in [2.05, 4.69) is 26.0 Å². The highest BCUT2D eigenvalue weighted by atomic mass is 79.9. The summed E-state index contributed by atoms with van der Waals surface area (Å²) in [6.07, 6.45) is 0. The Morgan fingerprint density at radius 3 is 2.24 bits per heavy atom. The molecule has 29 heavy (non-hydrogen) atoms. The van der Waals surface area contributed by atoms with Crippen molar-refractivity contribution >= 4 is 49.2 Å². The number of carboxylic acid groups (broad SMARTS) is 1. The maximum Gasteiger partial charge on any atom is 0.337 e. The van der Waals surface area contributed by atoms with Crippen LogP contribution in [0, 0.1) is 0 Å². The topological polar surface area (TPSA) is 113 Å². The Morgan fingerprint density at radius 2 is 1.55 bits per heavy atom. The van der Waals surface area contributed by atoms with Crippen LogP contribution in [-0.2, 0) is 10.0 Å². The molecule has 1 amide bonds. The number of nitrogens with one attached hydrogen (secondary N) is 2. The molecule has 0 radical (unpaired) electrons. The molecule has 7 nitrogen and oxygen atoms in total. The maximum absolute atomic E-state index is 12.7. The van der Waals surface area contributed by atoms with Gasteiger partial charge in [0.1, 0.15) is 4.90 Å². The van der Waals surface area contributed by atoms with Crippen molar-refractivity contribution in [3.05, 3.63) is 88.4 Å². The van der Waals surface area contributed by atoms with Gasteiger partial charge < -0.3 is 10.4 Å². The summed E-state index contributed by atoms with van der Waals surface area (Å²) < 4.78 is 28.2. The molecule has 9 heteroatoms. The number of hydrogen-bond donors (Lipinski definition) is 3. The molecule has 0 atom stereocenters. The van der Waals surface area contributed by atoms with Gasteiger partial charge in [-0.25, -0.2) is 13.2 Å². The van der Waals surface area contributed by atoms with Crippen LogP contribution in [0.2, 0.25) is 0 Å². The molecular weight excluding hydrogens is 460 g/mol. The summed E-state index contributed by atoms with van der Waals surface area (Å²) in [5.74, 6) is -1.82. The van der Waals surface area contributed by atoms with Gasteiger partial charge in [0.25, 0.3) is 15.9 Å². The van der Waals surface area contributed by atoms with Crippen LogP contribution < -0.4 is 10.0 Å². The number of halogens is 1. The van der Waals surface area contributed by atoms with E-state index in [1.54, 1.807) is 42.5 Å². The minimum Gasteiger partial charge on any atom is -0.478 e. The number of rotatable bonds is 6. The van der Waals surface area contributed by atoms with E-state index in [4.69, 9.17) is 0 Å². The molecule has 148 valence electrons. The molecule has 3 aromatic carbocycles. The largest absolute Gasteiger partial charge is 0.478 e. The van der Waals surface area contributed by atoms with Crippen molar-refractivity contribution in [3.8, 4) is 0 Å². The summed E-state index contributed by atoms with van der Waals surface area (Å²) in [6.45, 7) is 0. The van der Waals surface area contributed by atoms with E-state index in [9.17, 15) is 23.1 Å². The predicted molar refractivity (Wildman–Crippen MR) is 113 cm³/mol. The first-order chi connectivity index (χ1) is 13.8. The summed E-state index contributed by atoms with van der Waals surface area (Å²) in [6, 6.07) is 18.4. The Bertz CT molecular complexity index is 1180. The van der Waals surface area contributed by atoms with E-state index in [1.807, 2.05) is 0 Å². The lowest BCUT2D eigenvalue weighted by Gasteiger charge is -2.12. The van der Waals surface area contributed by atoms with Crippen LogP contribution in [0.4, 0.5) is 11.4 Å². The molecule has 3 N–H and O–H groups in total. The van der Waals surface area contributed by atoms with Crippen molar-refractivity contribution in [3.63, 3.8) is 0 Å². The van der Waals surface area contributed by atoms with Gasteiger partial charge in [0.15, 0.2) is 0 Å². The predicted octanol–water partition coefficient (Wildman–Crippen LogP) is 4.20. The highest BCUT2D eigenvalue weighted by molar-refractivity contribution is 9.10. The first kappa shape index (κ1) is 20.6. The summed E-state index contributed by atoms with van der Waals surface area (Å²) in [4.78, 5) is 23.8. The van der Waals surface area contributed by atoms with Crippen molar-refractivity contribution in [1.82, 2.24) is 0 Å². The highest BCUT2D eigenvalue weighted by Gasteiger charge is 2.21. The smallest absolute Gasteiger partial charge is 0.337 e. The molecule has 0 unspecified atom stereocenters. The molecule has 0 aliphatic heterocycles. The number of anilines is 2. The third-order valence-corrected chi connectivity index (χ3v) is 6.29. The van der Waals surface area contributed by atoms with Crippen molar-refractivity contribution < 1.29 is 23.1 Å². The van der Waals surface area contributed by atoms with Gasteiger partial charge in [-0.1, -0.05) is 30.3 Å². The van der Waals surface area contributed by atoms with Gasteiger partial charge in [-0.3, -0.25) is 9.52 Å². The Morgan fingerprint density at radius 1 is 0.897 bits per heavy atom. The van der Waals surface area contributed by atoms with Gasteiger partial charge in [0.05, 0.1) is 11.3 Å². The molecule has 0 fully saturated rings. The summed E-state index contributed by atoms with van der Waals surface area (Å²) in [5.41, 5.74) is 0.475. The van der Waals surface area contributed by atoms with Crippen molar-refractivity contribution in [2.24, 2.45) is 0 Å². The van der Waals surface area contributed by atoms with E-state index in [0.29, 0.717) is 5.69 Å². The molecule has 0 aliphatic rings.